The summed E-state index contributed by atoms with van der Waals surface area (Å²) in [6, 6.07) is 2.96. The first-order chi connectivity index (χ1) is 7.36. The summed E-state index contributed by atoms with van der Waals surface area (Å²) in [6.45, 7) is 0. The number of nitrogens with zero attached hydrogens (tertiary/aromatic N) is 1. The first kappa shape index (κ1) is 13.0. The number of H-pyrrole nitrogens is 1. The number of carbonyl (C=O) groups excluding carboxylic acids is 2. The van der Waals surface area contributed by atoms with Crippen LogP contribution in [-0.2, 0) is 0 Å². The number of rotatable bonds is 3. The van der Waals surface area contributed by atoms with Crippen LogP contribution in [0.1, 0.15) is 27.3 Å². The predicted molar refractivity (Wildman–Crippen MR) is 60.0 cm³/mol. The molecule has 0 atom stereocenters. The SMILES string of the molecule is N#CCC(=O)c1c[nH]c(C(=O)C(Cl)(Cl)Cl)c1. The van der Waals surface area contributed by atoms with Crippen LogP contribution in [0.3, 0.4) is 0 Å². The molecule has 0 saturated carbocycles. The molecule has 0 aliphatic carbocycles. The molecule has 0 aliphatic rings. The summed E-state index contributed by atoms with van der Waals surface area (Å²) in [4.78, 5) is 25.3. The second-order valence-electron chi connectivity index (χ2n) is 2.89. The van der Waals surface area contributed by atoms with Gasteiger partial charge in [0.25, 0.3) is 3.79 Å². The number of aromatic nitrogens is 1. The zero-order valence-electron chi connectivity index (χ0n) is 7.76. The van der Waals surface area contributed by atoms with Crippen molar-refractivity contribution < 1.29 is 9.59 Å². The maximum absolute atomic E-state index is 11.5. The number of ketones is 2. The fraction of sp³-hybridized carbons (Fsp3) is 0.222. The Labute approximate surface area is 106 Å². The minimum Gasteiger partial charge on any atom is -0.358 e. The van der Waals surface area contributed by atoms with Gasteiger partial charge in [-0.05, 0) is 6.07 Å². The number of carbonyl (C=O) groups is 2. The number of halogens is 3. The predicted octanol–water partition coefficient (Wildman–Crippen LogP) is 2.66. The van der Waals surface area contributed by atoms with E-state index in [1.165, 1.54) is 12.3 Å². The van der Waals surface area contributed by atoms with E-state index < -0.39 is 15.4 Å². The zero-order chi connectivity index (χ0) is 12.3. The van der Waals surface area contributed by atoms with Gasteiger partial charge in [-0.15, -0.1) is 0 Å². The molecule has 1 aromatic rings. The van der Waals surface area contributed by atoms with Gasteiger partial charge in [-0.25, -0.2) is 0 Å². The highest BCUT2D eigenvalue weighted by molar-refractivity contribution is 6.77. The molecule has 0 radical (unpaired) electrons. The van der Waals surface area contributed by atoms with E-state index >= 15 is 0 Å². The standard InChI is InChI=1S/C9H5Cl3N2O2/c10-9(11,12)8(16)6-3-5(4-14-6)7(15)1-2-13/h3-4,14H,1H2. The molecule has 16 heavy (non-hydrogen) atoms. The molecule has 0 aliphatic heterocycles. The first-order valence-corrected chi connectivity index (χ1v) is 5.19. The Morgan fingerprint density at radius 1 is 1.44 bits per heavy atom. The van der Waals surface area contributed by atoms with Crippen LogP contribution in [0.5, 0.6) is 0 Å². The molecule has 84 valence electrons. The quantitative estimate of drug-likeness (QED) is 0.683. The lowest BCUT2D eigenvalue weighted by molar-refractivity contribution is 0.0990. The molecule has 4 nitrogen and oxygen atoms in total. The Hall–Kier alpha value is -1.02. The van der Waals surface area contributed by atoms with E-state index in [-0.39, 0.29) is 17.7 Å². The van der Waals surface area contributed by atoms with Gasteiger partial charge in [0.15, 0.2) is 5.78 Å². The third kappa shape index (κ3) is 2.99. The normalized spacial score (nSPS) is 10.9. The van der Waals surface area contributed by atoms with Gasteiger partial charge < -0.3 is 4.98 Å². The number of hydrogen-bond donors (Lipinski definition) is 1. The van der Waals surface area contributed by atoms with Crippen LogP contribution >= 0.6 is 34.8 Å². The van der Waals surface area contributed by atoms with E-state index in [0.29, 0.717) is 0 Å². The average Bonchev–Trinajstić information content (AvgIpc) is 2.64. The summed E-state index contributed by atoms with van der Waals surface area (Å²) >= 11 is 16.2. The lowest BCUT2D eigenvalue weighted by Gasteiger charge is -2.06. The van der Waals surface area contributed by atoms with Gasteiger partial charge in [0.05, 0.1) is 18.2 Å². The van der Waals surface area contributed by atoms with E-state index in [9.17, 15) is 9.59 Å². The molecular formula is C9H5Cl3N2O2. The molecule has 0 unspecified atom stereocenters. The van der Waals surface area contributed by atoms with Crippen LogP contribution in [0.4, 0.5) is 0 Å². The molecule has 0 saturated heterocycles. The van der Waals surface area contributed by atoms with Crippen molar-refractivity contribution in [2.45, 2.75) is 10.2 Å². The second kappa shape index (κ2) is 4.88. The summed E-state index contributed by atoms with van der Waals surface area (Å²) in [6.07, 6.45) is 1.03. The van der Waals surface area contributed by atoms with Gasteiger partial charge in [-0.1, -0.05) is 34.8 Å². The highest BCUT2D eigenvalue weighted by Gasteiger charge is 2.32. The molecule has 1 rings (SSSR count). The Bertz CT molecular complexity index is 468. The summed E-state index contributed by atoms with van der Waals surface area (Å²) in [5.74, 6) is -1.16. The zero-order valence-corrected chi connectivity index (χ0v) is 10.0. The topological polar surface area (TPSA) is 73.7 Å². The molecule has 0 amide bonds. The molecule has 1 aromatic heterocycles. The molecule has 1 N–H and O–H groups in total. The molecular weight excluding hydrogens is 274 g/mol. The fourth-order valence-electron chi connectivity index (χ4n) is 1.01. The number of nitrogens with one attached hydrogen (secondary N) is 1. The summed E-state index contributed by atoms with van der Waals surface area (Å²) in [5.41, 5.74) is 0.223. The summed E-state index contributed by atoms with van der Waals surface area (Å²) < 4.78 is -2.07. The van der Waals surface area contributed by atoms with Crippen molar-refractivity contribution in [2.75, 3.05) is 0 Å². The number of alkyl halides is 3. The van der Waals surface area contributed by atoms with E-state index in [1.807, 2.05) is 0 Å². The molecule has 0 fully saturated rings. The minimum absolute atomic E-state index is 0.0151. The Kier molecular flexibility index (Phi) is 3.98. The largest absolute Gasteiger partial charge is 0.358 e. The van der Waals surface area contributed by atoms with Crippen molar-refractivity contribution in [3.63, 3.8) is 0 Å². The minimum atomic E-state index is -2.07. The van der Waals surface area contributed by atoms with Crippen LogP contribution in [0.15, 0.2) is 12.3 Å². The van der Waals surface area contributed by atoms with Crippen LogP contribution in [0, 0.1) is 11.3 Å². The smallest absolute Gasteiger partial charge is 0.254 e. The monoisotopic (exact) mass is 278 g/mol. The number of nitriles is 1. The molecule has 0 bridgehead atoms. The highest BCUT2D eigenvalue weighted by Crippen LogP contribution is 2.30. The van der Waals surface area contributed by atoms with Gasteiger partial charge in [-0.3, -0.25) is 9.59 Å². The molecule has 0 aromatic carbocycles. The van der Waals surface area contributed by atoms with Crippen LogP contribution < -0.4 is 0 Å². The van der Waals surface area contributed by atoms with Gasteiger partial charge in [0.1, 0.15) is 0 Å². The lowest BCUT2D eigenvalue weighted by Crippen LogP contribution is -2.19. The molecule has 0 spiro atoms. The Balaban J connectivity index is 2.93. The molecule has 7 heteroatoms. The van der Waals surface area contributed by atoms with E-state index in [2.05, 4.69) is 4.98 Å². The Morgan fingerprint density at radius 2 is 2.06 bits per heavy atom. The van der Waals surface area contributed by atoms with Crippen molar-refractivity contribution in [1.82, 2.24) is 4.98 Å². The van der Waals surface area contributed by atoms with Crippen molar-refractivity contribution >= 4 is 46.4 Å². The summed E-state index contributed by atoms with van der Waals surface area (Å²) in [7, 11) is 0. The number of Topliss-reactive ketones (excluding diaryl/α,β-unsaturated/α-hetero) is 2. The van der Waals surface area contributed by atoms with Gasteiger partial charge in [0.2, 0.25) is 5.78 Å². The lowest BCUT2D eigenvalue weighted by atomic mass is 10.1. The fourth-order valence-corrected chi connectivity index (χ4v) is 1.32. The van der Waals surface area contributed by atoms with Crippen molar-refractivity contribution in [1.29, 1.82) is 5.26 Å². The number of hydrogen-bond acceptors (Lipinski definition) is 3. The second-order valence-corrected chi connectivity index (χ2v) is 5.17. The van der Waals surface area contributed by atoms with Crippen molar-refractivity contribution in [3.05, 3.63) is 23.5 Å². The van der Waals surface area contributed by atoms with E-state index in [1.54, 1.807) is 6.07 Å². The van der Waals surface area contributed by atoms with Crippen molar-refractivity contribution in [2.24, 2.45) is 0 Å². The van der Waals surface area contributed by atoms with Crippen LogP contribution in [-0.4, -0.2) is 20.3 Å². The molecule has 1 heterocycles. The highest BCUT2D eigenvalue weighted by atomic mass is 35.6. The number of aromatic amines is 1. The van der Waals surface area contributed by atoms with E-state index in [4.69, 9.17) is 40.1 Å². The third-order valence-electron chi connectivity index (χ3n) is 1.75. The van der Waals surface area contributed by atoms with E-state index in [0.717, 1.165) is 0 Å². The average molecular weight is 280 g/mol. The third-order valence-corrected chi connectivity index (χ3v) is 2.26. The Morgan fingerprint density at radius 3 is 2.56 bits per heavy atom. The van der Waals surface area contributed by atoms with Gasteiger partial charge in [-0.2, -0.15) is 5.26 Å². The van der Waals surface area contributed by atoms with Gasteiger partial charge >= 0.3 is 0 Å². The maximum Gasteiger partial charge on any atom is 0.254 e. The van der Waals surface area contributed by atoms with Crippen LogP contribution in [0.2, 0.25) is 0 Å². The summed E-state index contributed by atoms with van der Waals surface area (Å²) in [5, 5.41) is 8.33. The van der Waals surface area contributed by atoms with Crippen LogP contribution in [0.25, 0.3) is 0 Å². The van der Waals surface area contributed by atoms with Crippen molar-refractivity contribution in [3.8, 4) is 6.07 Å². The first-order valence-electron chi connectivity index (χ1n) is 4.06. The van der Waals surface area contributed by atoms with Gasteiger partial charge in [0, 0.05) is 11.8 Å². The maximum atomic E-state index is 11.5.